The summed E-state index contributed by atoms with van der Waals surface area (Å²) in [6.45, 7) is 8.43. The second kappa shape index (κ2) is 10.6. The molecule has 2 heteroatoms. The van der Waals surface area contributed by atoms with Crippen molar-refractivity contribution in [2.75, 3.05) is 0 Å². The Kier molecular flexibility index (Phi) is 12.0. The average molecular weight is 202 g/mol. The van der Waals surface area contributed by atoms with Gasteiger partial charge < -0.3 is 5.11 Å². The number of hydrogen-bond donors (Lipinski definition) is 1. The second-order valence-corrected chi connectivity index (χ2v) is 3.52. The zero-order valence-corrected chi connectivity index (χ0v) is 10.2. The van der Waals surface area contributed by atoms with Gasteiger partial charge in [-0.1, -0.05) is 53.4 Å². The van der Waals surface area contributed by atoms with Crippen LogP contribution in [0, 0.1) is 5.41 Å². The molecule has 0 aromatic heterocycles. The van der Waals surface area contributed by atoms with E-state index in [-0.39, 0.29) is 6.47 Å². The Bertz CT molecular complexity index is 109. The van der Waals surface area contributed by atoms with Crippen molar-refractivity contribution in [3.8, 4) is 0 Å². The molecule has 0 atom stereocenters. The van der Waals surface area contributed by atoms with E-state index in [4.69, 9.17) is 9.90 Å². The van der Waals surface area contributed by atoms with Crippen molar-refractivity contribution in [3.05, 3.63) is 0 Å². The van der Waals surface area contributed by atoms with Gasteiger partial charge in [0.15, 0.2) is 0 Å². The molecule has 0 radical (unpaired) electrons. The first-order valence-electron chi connectivity index (χ1n) is 5.82. The minimum Gasteiger partial charge on any atom is -0.483 e. The highest BCUT2D eigenvalue weighted by atomic mass is 16.3. The van der Waals surface area contributed by atoms with Crippen molar-refractivity contribution in [1.82, 2.24) is 0 Å². The van der Waals surface area contributed by atoms with Gasteiger partial charge in [-0.05, 0) is 18.3 Å². The molecule has 2 nitrogen and oxygen atoms in total. The summed E-state index contributed by atoms with van der Waals surface area (Å²) in [6.07, 6.45) is 8.79. The number of carbonyl (C=O) groups is 1. The van der Waals surface area contributed by atoms with E-state index in [2.05, 4.69) is 13.8 Å². The quantitative estimate of drug-likeness (QED) is 0.685. The maximum absolute atomic E-state index is 8.36. The predicted molar refractivity (Wildman–Crippen MR) is 61.5 cm³/mol. The lowest BCUT2D eigenvalue weighted by molar-refractivity contribution is -0.122. The molecular weight excluding hydrogens is 176 g/mol. The molecule has 0 aliphatic heterocycles. The lowest BCUT2D eigenvalue weighted by Crippen LogP contribution is -2.12. The van der Waals surface area contributed by atoms with Crippen LogP contribution < -0.4 is 0 Å². The van der Waals surface area contributed by atoms with Crippen LogP contribution in [-0.4, -0.2) is 11.6 Å². The van der Waals surface area contributed by atoms with Gasteiger partial charge in [-0.2, -0.15) is 0 Å². The van der Waals surface area contributed by atoms with E-state index < -0.39 is 0 Å². The summed E-state index contributed by atoms with van der Waals surface area (Å²) in [6, 6.07) is 0. The first kappa shape index (κ1) is 15.9. The normalized spacial score (nSPS) is 17.1. The predicted octanol–water partition coefficient (Wildman–Crippen LogP) is 4.09. The van der Waals surface area contributed by atoms with Crippen LogP contribution in [0.25, 0.3) is 0 Å². The van der Waals surface area contributed by atoms with Crippen molar-refractivity contribution in [2.24, 2.45) is 5.41 Å². The fourth-order valence-electron chi connectivity index (χ4n) is 2.08. The van der Waals surface area contributed by atoms with E-state index in [1.54, 1.807) is 0 Å². The summed E-state index contributed by atoms with van der Waals surface area (Å²) in [5.41, 5.74) is 0.778. The summed E-state index contributed by atoms with van der Waals surface area (Å²) in [5, 5.41) is 6.89. The fraction of sp³-hybridized carbons (Fsp3) is 0.917. The molecule has 0 saturated heterocycles. The molecule has 0 heterocycles. The van der Waals surface area contributed by atoms with Gasteiger partial charge in [-0.3, -0.25) is 4.79 Å². The summed E-state index contributed by atoms with van der Waals surface area (Å²) < 4.78 is 0. The molecular formula is C12H26O2. The fourth-order valence-corrected chi connectivity index (χ4v) is 2.08. The third-order valence-corrected chi connectivity index (χ3v) is 3.16. The van der Waals surface area contributed by atoms with Crippen LogP contribution in [0.1, 0.15) is 66.2 Å². The standard InChI is InChI=1S/C9H18.C2H6.CH2O2/c1-3-9(4-2)7-5-6-8-9;1-2;2-1-3/h3-8H2,1-2H3;1-2H3;1H,(H,2,3). The van der Waals surface area contributed by atoms with E-state index in [0.717, 1.165) is 5.41 Å². The van der Waals surface area contributed by atoms with Crippen LogP contribution in [-0.2, 0) is 4.79 Å². The van der Waals surface area contributed by atoms with Crippen molar-refractivity contribution in [2.45, 2.75) is 66.2 Å². The van der Waals surface area contributed by atoms with E-state index in [1.807, 2.05) is 13.8 Å². The van der Waals surface area contributed by atoms with Crippen LogP contribution in [0.15, 0.2) is 0 Å². The van der Waals surface area contributed by atoms with Crippen molar-refractivity contribution >= 4 is 6.47 Å². The first-order valence-corrected chi connectivity index (χ1v) is 5.82. The third-order valence-electron chi connectivity index (χ3n) is 3.16. The number of rotatable bonds is 2. The highest BCUT2D eigenvalue weighted by Gasteiger charge is 2.29. The first-order chi connectivity index (χ1) is 6.74. The van der Waals surface area contributed by atoms with Gasteiger partial charge in [0, 0.05) is 0 Å². The number of hydrogen-bond acceptors (Lipinski definition) is 1. The summed E-state index contributed by atoms with van der Waals surface area (Å²) in [4.78, 5) is 8.36. The SMILES string of the molecule is CC.CCC1(CC)CCCC1.O=CO. The molecule has 0 spiro atoms. The Morgan fingerprint density at radius 2 is 1.43 bits per heavy atom. The zero-order chi connectivity index (χ0) is 11.4. The third kappa shape index (κ3) is 6.01. The van der Waals surface area contributed by atoms with Gasteiger partial charge in [0.05, 0.1) is 0 Å². The molecule has 0 bridgehead atoms. The number of carboxylic acid groups (broad SMARTS) is 1. The molecule has 14 heavy (non-hydrogen) atoms. The van der Waals surface area contributed by atoms with Gasteiger partial charge in [0.1, 0.15) is 0 Å². The van der Waals surface area contributed by atoms with Gasteiger partial charge >= 0.3 is 0 Å². The van der Waals surface area contributed by atoms with Crippen molar-refractivity contribution < 1.29 is 9.90 Å². The Morgan fingerprint density at radius 1 is 1.14 bits per heavy atom. The Balaban J connectivity index is 0. The van der Waals surface area contributed by atoms with E-state index >= 15 is 0 Å². The molecule has 0 unspecified atom stereocenters. The monoisotopic (exact) mass is 202 g/mol. The molecule has 0 aromatic carbocycles. The zero-order valence-electron chi connectivity index (χ0n) is 10.2. The topological polar surface area (TPSA) is 37.3 Å². The van der Waals surface area contributed by atoms with E-state index in [9.17, 15) is 0 Å². The lowest BCUT2D eigenvalue weighted by atomic mass is 9.81. The minimum atomic E-state index is -0.250. The molecule has 86 valence electrons. The molecule has 1 aliphatic carbocycles. The maximum Gasteiger partial charge on any atom is 0.290 e. The van der Waals surface area contributed by atoms with Crippen LogP contribution in [0.4, 0.5) is 0 Å². The van der Waals surface area contributed by atoms with Crippen LogP contribution >= 0.6 is 0 Å². The highest BCUT2D eigenvalue weighted by Crippen LogP contribution is 2.43. The van der Waals surface area contributed by atoms with E-state index in [1.165, 1.54) is 38.5 Å². The molecule has 1 fully saturated rings. The van der Waals surface area contributed by atoms with Crippen molar-refractivity contribution in [3.63, 3.8) is 0 Å². The van der Waals surface area contributed by atoms with Crippen LogP contribution in [0.3, 0.4) is 0 Å². The van der Waals surface area contributed by atoms with Gasteiger partial charge in [-0.15, -0.1) is 0 Å². The van der Waals surface area contributed by atoms with Crippen molar-refractivity contribution in [1.29, 1.82) is 0 Å². The summed E-state index contributed by atoms with van der Waals surface area (Å²) in [5.74, 6) is 0. The summed E-state index contributed by atoms with van der Waals surface area (Å²) in [7, 11) is 0. The molecule has 1 saturated carbocycles. The van der Waals surface area contributed by atoms with Crippen LogP contribution in [0.5, 0.6) is 0 Å². The molecule has 0 aromatic rings. The highest BCUT2D eigenvalue weighted by molar-refractivity contribution is 5.32. The second-order valence-electron chi connectivity index (χ2n) is 3.52. The minimum absolute atomic E-state index is 0.250. The Hall–Kier alpha value is -0.530. The smallest absolute Gasteiger partial charge is 0.290 e. The van der Waals surface area contributed by atoms with Crippen LogP contribution in [0.2, 0.25) is 0 Å². The molecule has 1 N–H and O–H groups in total. The average Bonchev–Trinajstić information content (AvgIpc) is 2.71. The maximum atomic E-state index is 8.36. The summed E-state index contributed by atoms with van der Waals surface area (Å²) >= 11 is 0. The van der Waals surface area contributed by atoms with Gasteiger partial charge in [0.25, 0.3) is 6.47 Å². The molecule has 0 amide bonds. The lowest BCUT2D eigenvalue weighted by Gasteiger charge is -2.24. The van der Waals surface area contributed by atoms with E-state index in [0.29, 0.717) is 0 Å². The Morgan fingerprint density at radius 3 is 1.57 bits per heavy atom. The Labute approximate surface area is 88.7 Å². The van der Waals surface area contributed by atoms with Gasteiger partial charge in [-0.25, -0.2) is 0 Å². The van der Waals surface area contributed by atoms with Gasteiger partial charge in [0.2, 0.25) is 0 Å². The largest absolute Gasteiger partial charge is 0.483 e. The molecule has 1 aliphatic rings. The molecule has 1 rings (SSSR count).